The van der Waals surface area contributed by atoms with Crippen LogP contribution in [0.15, 0.2) is 84.9 Å². The van der Waals surface area contributed by atoms with Crippen LogP contribution in [0.25, 0.3) is 33.4 Å². The summed E-state index contributed by atoms with van der Waals surface area (Å²) in [6.07, 6.45) is 0. The Kier molecular flexibility index (Phi) is 6.05. The third-order valence-electron chi connectivity index (χ3n) is 6.27. The van der Waals surface area contributed by atoms with Crippen LogP contribution in [-0.4, -0.2) is 28.2 Å². The lowest BCUT2D eigenvalue weighted by atomic mass is 9.85. The minimum Gasteiger partial charge on any atom is -0.377 e. The van der Waals surface area contributed by atoms with Gasteiger partial charge in [0.15, 0.2) is 0 Å². The second-order valence-corrected chi connectivity index (χ2v) is 8.79. The van der Waals surface area contributed by atoms with E-state index in [9.17, 15) is 0 Å². The van der Waals surface area contributed by atoms with Gasteiger partial charge in [-0.15, -0.1) is 0 Å². The molecule has 0 saturated carbocycles. The minimum atomic E-state index is 1.23. The van der Waals surface area contributed by atoms with Crippen LogP contribution in [0.4, 0.5) is 11.4 Å². The molecule has 4 aromatic rings. The van der Waals surface area contributed by atoms with Crippen LogP contribution >= 0.6 is 0 Å². The van der Waals surface area contributed by atoms with Crippen LogP contribution in [-0.2, 0) is 0 Å². The molecule has 0 aliphatic heterocycles. The highest BCUT2D eigenvalue weighted by Crippen LogP contribution is 2.46. The van der Waals surface area contributed by atoms with E-state index in [1.807, 2.05) is 0 Å². The van der Waals surface area contributed by atoms with Crippen LogP contribution in [0, 0.1) is 13.8 Å². The van der Waals surface area contributed by atoms with Crippen molar-refractivity contribution < 1.29 is 0 Å². The Hall–Kier alpha value is -3.52. The van der Waals surface area contributed by atoms with Crippen LogP contribution < -0.4 is 9.80 Å². The lowest BCUT2D eigenvalue weighted by molar-refractivity contribution is 1.11. The molecule has 2 nitrogen and oxygen atoms in total. The molecule has 0 heterocycles. The molecule has 0 spiro atoms. The van der Waals surface area contributed by atoms with Gasteiger partial charge in [-0.05, 0) is 59.4 Å². The van der Waals surface area contributed by atoms with Crippen molar-refractivity contribution in [2.75, 3.05) is 38.0 Å². The number of hydrogen-bond donors (Lipinski definition) is 0. The van der Waals surface area contributed by atoms with Crippen LogP contribution in [0.2, 0.25) is 0 Å². The molecule has 4 rings (SSSR count). The van der Waals surface area contributed by atoms with E-state index in [-0.39, 0.29) is 0 Å². The summed E-state index contributed by atoms with van der Waals surface area (Å²) in [5.74, 6) is 0. The zero-order valence-electron chi connectivity index (χ0n) is 20.0. The Labute approximate surface area is 192 Å². The first-order valence-corrected chi connectivity index (χ1v) is 11.1. The van der Waals surface area contributed by atoms with Gasteiger partial charge in [-0.2, -0.15) is 0 Å². The predicted molar refractivity (Wildman–Crippen MR) is 141 cm³/mol. The fourth-order valence-corrected chi connectivity index (χ4v) is 4.63. The van der Waals surface area contributed by atoms with Crippen molar-refractivity contribution >= 4 is 11.4 Å². The van der Waals surface area contributed by atoms with Crippen molar-refractivity contribution in [3.05, 3.63) is 96.1 Å². The molecule has 162 valence electrons. The Morgan fingerprint density at radius 1 is 0.438 bits per heavy atom. The lowest BCUT2D eigenvalue weighted by Gasteiger charge is -2.28. The van der Waals surface area contributed by atoms with Crippen molar-refractivity contribution in [2.45, 2.75) is 13.8 Å². The van der Waals surface area contributed by atoms with Crippen LogP contribution in [0.1, 0.15) is 11.1 Å². The fraction of sp³-hybridized carbons (Fsp3) is 0.200. The summed E-state index contributed by atoms with van der Waals surface area (Å²) in [6.45, 7) is 4.53. The highest BCUT2D eigenvalue weighted by molar-refractivity contribution is 5.96. The average molecular weight is 421 g/mol. The monoisotopic (exact) mass is 420 g/mol. The summed E-state index contributed by atoms with van der Waals surface area (Å²) in [4.78, 5) is 4.45. The number of benzene rings is 4. The molecule has 0 N–H and O–H groups in total. The molecule has 0 atom stereocenters. The second-order valence-electron chi connectivity index (χ2n) is 8.79. The van der Waals surface area contributed by atoms with E-state index in [1.54, 1.807) is 0 Å². The van der Waals surface area contributed by atoms with Crippen molar-refractivity contribution in [1.82, 2.24) is 0 Å². The van der Waals surface area contributed by atoms with Gasteiger partial charge in [0.2, 0.25) is 0 Å². The van der Waals surface area contributed by atoms with Gasteiger partial charge in [-0.3, -0.25) is 0 Å². The molecule has 0 aliphatic rings. The quantitative estimate of drug-likeness (QED) is 0.331. The van der Waals surface area contributed by atoms with E-state index in [4.69, 9.17) is 0 Å². The van der Waals surface area contributed by atoms with Gasteiger partial charge in [0.05, 0.1) is 0 Å². The van der Waals surface area contributed by atoms with Gasteiger partial charge < -0.3 is 9.80 Å². The maximum absolute atomic E-state index is 2.26. The topological polar surface area (TPSA) is 6.48 Å². The van der Waals surface area contributed by atoms with Crippen molar-refractivity contribution in [2.24, 2.45) is 0 Å². The highest BCUT2D eigenvalue weighted by atomic mass is 15.1. The van der Waals surface area contributed by atoms with E-state index in [1.165, 1.54) is 55.9 Å². The van der Waals surface area contributed by atoms with E-state index in [0.717, 1.165) is 0 Å². The molecule has 0 unspecified atom stereocenters. The lowest BCUT2D eigenvalue weighted by Crippen LogP contribution is -2.15. The van der Waals surface area contributed by atoms with Crippen molar-refractivity contribution in [3.8, 4) is 33.4 Å². The highest BCUT2D eigenvalue weighted by Gasteiger charge is 2.21. The van der Waals surface area contributed by atoms with Gasteiger partial charge >= 0.3 is 0 Å². The zero-order valence-corrected chi connectivity index (χ0v) is 20.0. The second kappa shape index (κ2) is 8.92. The van der Waals surface area contributed by atoms with Crippen molar-refractivity contribution in [3.63, 3.8) is 0 Å². The summed E-state index contributed by atoms with van der Waals surface area (Å²) in [5.41, 5.74) is 12.7. The standard InChI is InChI=1S/C30H32N2/c1-21-25(23-13-9-7-10-14-23)17-19-27(31(3)4)29(21)30-22(2)26(18-20-28(30)32(5)6)24-15-11-8-12-16-24/h7-20H,1-6H3. The summed E-state index contributed by atoms with van der Waals surface area (Å²) in [7, 11) is 8.52. The molecule has 32 heavy (non-hydrogen) atoms. The number of hydrogen-bond acceptors (Lipinski definition) is 2. The first-order valence-electron chi connectivity index (χ1n) is 11.1. The van der Waals surface area contributed by atoms with Crippen LogP contribution in [0.3, 0.4) is 0 Å². The molecule has 2 heteroatoms. The molecule has 0 radical (unpaired) electrons. The Bertz CT molecular complexity index is 1120. The summed E-state index contributed by atoms with van der Waals surface area (Å²) < 4.78 is 0. The van der Waals surface area contributed by atoms with E-state index < -0.39 is 0 Å². The van der Waals surface area contributed by atoms with Gasteiger partial charge in [0.1, 0.15) is 0 Å². The summed E-state index contributed by atoms with van der Waals surface area (Å²) in [5, 5.41) is 0. The smallest absolute Gasteiger partial charge is 0.0444 e. The molecule has 0 fully saturated rings. The largest absolute Gasteiger partial charge is 0.377 e. The Morgan fingerprint density at radius 2 is 0.781 bits per heavy atom. The van der Waals surface area contributed by atoms with Gasteiger partial charge in [0, 0.05) is 50.7 Å². The molecule has 0 bridgehead atoms. The number of anilines is 2. The van der Waals surface area contributed by atoms with E-state index in [2.05, 4.69) is 137 Å². The van der Waals surface area contributed by atoms with Gasteiger partial charge in [0.25, 0.3) is 0 Å². The zero-order chi connectivity index (χ0) is 22.8. The molecule has 0 aromatic heterocycles. The number of nitrogens with zero attached hydrogens (tertiary/aromatic N) is 2. The molecule has 0 saturated heterocycles. The fourth-order valence-electron chi connectivity index (χ4n) is 4.63. The van der Waals surface area contributed by atoms with E-state index in [0.29, 0.717) is 0 Å². The maximum Gasteiger partial charge on any atom is 0.0444 e. The minimum absolute atomic E-state index is 1.23. The van der Waals surface area contributed by atoms with Gasteiger partial charge in [-0.25, -0.2) is 0 Å². The van der Waals surface area contributed by atoms with Gasteiger partial charge in [-0.1, -0.05) is 72.8 Å². The third kappa shape index (κ3) is 3.89. The Balaban J connectivity index is 2.08. The predicted octanol–water partition coefficient (Wildman–Crippen LogP) is 7.44. The normalized spacial score (nSPS) is 10.8. The molecule has 4 aromatic carbocycles. The SMILES string of the molecule is Cc1c(-c2ccccc2)ccc(N(C)C)c1-c1c(N(C)C)ccc(-c2ccccc2)c1C. The Morgan fingerprint density at radius 3 is 1.09 bits per heavy atom. The first-order chi connectivity index (χ1) is 15.4. The summed E-state index contributed by atoms with van der Waals surface area (Å²) >= 11 is 0. The van der Waals surface area contributed by atoms with E-state index >= 15 is 0 Å². The van der Waals surface area contributed by atoms with Crippen molar-refractivity contribution in [1.29, 1.82) is 0 Å². The summed E-state index contributed by atoms with van der Waals surface area (Å²) in [6, 6.07) is 30.4. The first kappa shape index (κ1) is 21.7. The number of rotatable bonds is 5. The average Bonchev–Trinajstić information content (AvgIpc) is 2.80. The molecule has 0 aliphatic carbocycles. The van der Waals surface area contributed by atoms with Crippen LogP contribution in [0.5, 0.6) is 0 Å². The molecule has 0 amide bonds. The molecular formula is C30H32N2. The maximum atomic E-state index is 2.26. The third-order valence-corrected chi connectivity index (χ3v) is 6.27. The molecular weight excluding hydrogens is 388 g/mol.